The SMILES string of the molecule is CCCCNC(=S)N[C@H](CO)Cc1ccccc1. The normalized spacial score (nSPS) is 11.9. The highest BCUT2D eigenvalue weighted by Gasteiger charge is 2.09. The zero-order valence-electron chi connectivity index (χ0n) is 10.9. The van der Waals surface area contributed by atoms with Crippen LogP contribution in [-0.4, -0.2) is 29.4 Å². The zero-order chi connectivity index (χ0) is 13.2. The maximum Gasteiger partial charge on any atom is 0.166 e. The summed E-state index contributed by atoms with van der Waals surface area (Å²) in [5.41, 5.74) is 1.19. The molecule has 1 aromatic carbocycles. The van der Waals surface area contributed by atoms with Crippen LogP contribution >= 0.6 is 12.2 Å². The van der Waals surface area contributed by atoms with Crippen molar-refractivity contribution in [2.75, 3.05) is 13.2 Å². The minimum absolute atomic E-state index is 0.0333. The molecule has 0 aromatic heterocycles. The van der Waals surface area contributed by atoms with Crippen molar-refractivity contribution in [3.63, 3.8) is 0 Å². The highest BCUT2D eigenvalue weighted by Crippen LogP contribution is 2.02. The van der Waals surface area contributed by atoms with Gasteiger partial charge in [0.15, 0.2) is 5.11 Å². The fourth-order valence-electron chi connectivity index (χ4n) is 1.67. The number of hydrogen-bond donors (Lipinski definition) is 3. The van der Waals surface area contributed by atoms with Gasteiger partial charge in [0.2, 0.25) is 0 Å². The summed E-state index contributed by atoms with van der Waals surface area (Å²) in [6.07, 6.45) is 3.01. The molecule has 0 amide bonds. The zero-order valence-corrected chi connectivity index (χ0v) is 11.7. The average molecular weight is 266 g/mol. The summed E-state index contributed by atoms with van der Waals surface area (Å²) in [4.78, 5) is 0. The Hall–Kier alpha value is -1.13. The molecule has 1 atom stereocenters. The first-order chi connectivity index (χ1) is 8.76. The lowest BCUT2D eigenvalue weighted by Crippen LogP contribution is -2.44. The predicted octanol–water partition coefficient (Wildman–Crippen LogP) is 1.85. The number of aliphatic hydroxyl groups excluding tert-OH is 1. The first kappa shape index (κ1) is 14.9. The monoisotopic (exact) mass is 266 g/mol. The van der Waals surface area contributed by atoms with Gasteiger partial charge in [-0.1, -0.05) is 43.7 Å². The second kappa shape index (κ2) is 8.89. The highest BCUT2D eigenvalue weighted by atomic mass is 32.1. The summed E-state index contributed by atoms with van der Waals surface area (Å²) in [7, 11) is 0. The van der Waals surface area contributed by atoms with Crippen LogP contribution in [0.2, 0.25) is 0 Å². The number of rotatable bonds is 7. The fourth-order valence-corrected chi connectivity index (χ4v) is 1.94. The van der Waals surface area contributed by atoms with Crippen molar-refractivity contribution in [2.24, 2.45) is 0 Å². The molecular weight excluding hydrogens is 244 g/mol. The minimum Gasteiger partial charge on any atom is -0.394 e. The van der Waals surface area contributed by atoms with Crippen LogP contribution in [0.15, 0.2) is 30.3 Å². The number of aliphatic hydroxyl groups is 1. The maximum atomic E-state index is 9.36. The Kier molecular flexibility index (Phi) is 7.37. The quantitative estimate of drug-likeness (QED) is 0.521. The van der Waals surface area contributed by atoms with Gasteiger partial charge >= 0.3 is 0 Å². The summed E-state index contributed by atoms with van der Waals surface area (Å²) >= 11 is 5.19. The van der Waals surface area contributed by atoms with Gasteiger partial charge in [-0.3, -0.25) is 0 Å². The van der Waals surface area contributed by atoms with Crippen molar-refractivity contribution in [2.45, 2.75) is 32.2 Å². The Bertz CT molecular complexity index is 343. The lowest BCUT2D eigenvalue weighted by molar-refractivity contribution is 0.254. The summed E-state index contributed by atoms with van der Waals surface area (Å²) in [6.45, 7) is 3.10. The molecule has 100 valence electrons. The molecule has 4 heteroatoms. The molecule has 0 aliphatic rings. The van der Waals surface area contributed by atoms with Crippen LogP contribution in [0.4, 0.5) is 0 Å². The minimum atomic E-state index is -0.0333. The standard InChI is InChI=1S/C14H22N2OS/c1-2-3-9-15-14(18)16-13(11-17)10-12-7-5-4-6-8-12/h4-8,13,17H,2-3,9-11H2,1H3,(H2,15,16,18)/t13-/m0/s1. The molecule has 3 N–H and O–H groups in total. The molecule has 0 unspecified atom stereocenters. The molecule has 0 aliphatic heterocycles. The Balaban J connectivity index is 2.35. The van der Waals surface area contributed by atoms with Crippen molar-refractivity contribution in [1.29, 1.82) is 0 Å². The van der Waals surface area contributed by atoms with Crippen LogP contribution in [0.5, 0.6) is 0 Å². The van der Waals surface area contributed by atoms with Crippen molar-refractivity contribution >= 4 is 17.3 Å². The lowest BCUT2D eigenvalue weighted by atomic mass is 10.1. The second-order valence-electron chi connectivity index (χ2n) is 4.32. The van der Waals surface area contributed by atoms with Crippen molar-refractivity contribution in [1.82, 2.24) is 10.6 Å². The van der Waals surface area contributed by atoms with Crippen molar-refractivity contribution < 1.29 is 5.11 Å². The summed E-state index contributed by atoms with van der Waals surface area (Å²) in [5, 5.41) is 16.3. The molecule has 0 aliphatic carbocycles. The summed E-state index contributed by atoms with van der Waals surface area (Å²) in [6, 6.07) is 10.1. The third-order valence-electron chi connectivity index (χ3n) is 2.70. The van der Waals surface area contributed by atoms with E-state index in [-0.39, 0.29) is 12.6 Å². The average Bonchev–Trinajstić information content (AvgIpc) is 2.39. The van der Waals surface area contributed by atoms with Gasteiger partial charge in [0.25, 0.3) is 0 Å². The van der Waals surface area contributed by atoms with E-state index < -0.39 is 0 Å². The van der Waals surface area contributed by atoms with E-state index in [9.17, 15) is 5.11 Å². The number of benzene rings is 1. The molecule has 0 radical (unpaired) electrons. The van der Waals surface area contributed by atoms with E-state index in [4.69, 9.17) is 12.2 Å². The third kappa shape index (κ3) is 5.98. The van der Waals surface area contributed by atoms with Crippen LogP contribution in [-0.2, 0) is 6.42 Å². The molecule has 0 saturated heterocycles. The molecule has 0 spiro atoms. The van der Waals surface area contributed by atoms with Crippen LogP contribution < -0.4 is 10.6 Å². The molecule has 18 heavy (non-hydrogen) atoms. The van der Waals surface area contributed by atoms with Crippen molar-refractivity contribution in [3.8, 4) is 0 Å². The number of unbranched alkanes of at least 4 members (excludes halogenated alkanes) is 1. The third-order valence-corrected chi connectivity index (χ3v) is 2.96. The fraction of sp³-hybridized carbons (Fsp3) is 0.500. The molecule has 0 bridgehead atoms. The van der Waals surface area contributed by atoms with E-state index in [1.807, 2.05) is 18.2 Å². The van der Waals surface area contributed by atoms with E-state index in [0.717, 1.165) is 25.8 Å². The molecule has 1 aromatic rings. The van der Waals surface area contributed by atoms with Gasteiger partial charge in [-0.15, -0.1) is 0 Å². The maximum absolute atomic E-state index is 9.36. The molecule has 1 rings (SSSR count). The van der Waals surface area contributed by atoms with E-state index >= 15 is 0 Å². The number of thiocarbonyl (C=S) groups is 1. The largest absolute Gasteiger partial charge is 0.394 e. The second-order valence-corrected chi connectivity index (χ2v) is 4.73. The summed E-state index contributed by atoms with van der Waals surface area (Å²) in [5.74, 6) is 0. The number of nitrogens with one attached hydrogen (secondary N) is 2. The molecule has 0 heterocycles. The van der Waals surface area contributed by atoms with E-state index in [0.29, 0.717) is 5.11 Å². The first-order valence-corrected chi connectivity index (χ1v) is 6.86. The van der Waals surface area contributed by atoms with Crippen LogP contribution in [0.25, 0.3) is 0 Å². The lowest BCUT2D eigenvalue weighted by Gasteiger charge is -2.19. The van der Waals surface area contributed by atoms with Crippen LogP contribution in [0.1, 0.15) is 25.3 Å². The van der Waals surface area contributed by atoms with Crippen LogP contribution in [0.3, 0.4) is 0 Å². The van der Waals surface area contributed by atoms with Gasteiger partial charge in [0.05, 0.1) is 12.6 Å². The van der Waals surface area contributed by atoms with E-state index in [1.54, 1.807) is 0 Å². The molecule has 0 fully saturated rings. The summed E-state index contributed by atoms with van der Waals surface area (Å²) < 4.78 is 0. The number of hydrogen-bond acceptors (Lipinski definition) is 2. The van der Waals surface area contributed by atoms with Gasteiger partial charge in [0, 0.05) is 6.54 Å². The Morgan fingerprint density at radius 1 is 1.33 bits per heavy atom. The Morgan fingerprint density at radius 3 is 2.67 bits per heavy atom. The first-order valence-electron chi connectivity index (χ1n) is 6.45. The van der Waals surface area contributed by atoms with Gasteiger partial charge < -0.3 is 15.7 Å². The molecular formula is C14H22N2OS. The van der Waals surface area contributed by atoms with E-state index in [1.165, 1.54) is 5.56 Å². The smallest absolute Gasteiger partial charge is 0.166 e. The van der Waals surface area contributed by atoms with Crippen LogP contribution in [0, 0.1) is 0 Å². The highest BCUT2D eigenvalue weighted by molar-refractivity contribution is 7.80. The van der Waals surface area contributed by atoms with Gasteiger partial charge in [-0.25, -0.2) is 0 Å². The molecule has 0 saturated carbocycles. The molecule has 3 nitrogen and oxygen atoms in total. The Morgan fingerprint density at radius 2 is 2.06 bits per heavy atom. The predicted molar refractivity (Wildman–Crippen MR) is 79.7 cm³/mol. The Labute approximate surface area is 115 Å². The van der Waals surface area contributed by atoms with Crippen molar-refractivity contribution in [3.05, 3.63) is 35.9 Å². The van der Waals surface area contributed by atoms with Gasteiger partial charge in [-0.05, 0) is 30.6 Å². The van der Waals surface area contributed by atoms with Gasteiger partial charge in [-0.2, -0.15) is 0 Å². The van der Waals surface area contributed by atoms with E-state index in [2.05, 4.69) is 29.7 Å². The topological polar surface area (TPSA) is 44.3 Å². The van der Waals surface area contributed by atoms with Gasteiger partial charge in [0.1, 0.15) is 0 Å².